The number of carbonyl (C=O) groups excluding carboxylic acids is 1. The lowest BCUT2D eigenvalue weighted by Crippen LogP contribution is -2.38. The molecular weight excluding hydrogens is 470 g/mol. The molecule has 1 atom stereocenters. The molecule has 3 aromatic carbocycles. The average molecular weight is 502 g/mol. The molecule has 4 rings (SSSR count). The molecule has 6 heteroatoms. The number of carbonyl (C=O) groups is 1. The molecule has 1 unspecified atom stereocenters. The van der Waals surface area contributed by atoms with Gasteiger partial charge in [-0.1, -0.05) is 56.6 Å². The van der Waals surface area contributed by atoms with E-state index in [-0.39, 0.29) is 11.5 Å². The number of halogens is 1. The molecular formula is C30H32ClN3O2. The Labute approximate surface area is 217 Å². The van der Waals surface area contributed by atoms with Gasteiger partial charge in [0.1, 0.15) is 5.82 Å². The number of amides is 1. The topological polar surface area (TPSA) is 55.2 Å². The standard InChI is InChI=1S/C30H32ClN3O2/c1-5-22-10-16-25(17-11-22)34-28(32-27-9-7-6-8-26(27)30(34)36)21(4)33(19-18-20(2)3)29(35)23-12-14-24(31)15-13-23/h6-17,20-21H,5,18-19H2,1-4H3. The van der Waals surface area contributed by atoms with Crippen LogP contribution in [0.3, 0.4) is 0 Å². The molecule has 0 aliphatic rings. The third-order valence-corrected chi connectivity index (χ3v) is 6.80. The Morgan fingerprint density at radius 1 is 0.972 bits per heavy atom. The first-order valence-electron chi connectivity index (χ1n) is 12.5. The van der Waals surface area contributed by atoms with Crippen molar-refractivity contribution in [3.63, 3.8) is 0 Å². The van der Waals surface area contributed by atoms with Crippen molar-refractivity contribution in [2.45, 2.75) is 46.6 Å². The number of benzene rings is 3. The van der Waals surface area contributed by atoms with E-state index in [1.807, 2.05) is 54.3 Å². The molecule has 186 valence electrons. The minimum atomic E-state index is -0.449. The number of para-hydroxylation sites is 1. The summed E-state index contributed by atoms with van der Waals surface area (Å²) in [7, 11) is 0. The summed E-state index contributed by atoms with van der Waals surface area (Å²) < 4.78 is 1.66. The molecule has 4 aromatic rings. The van der Waals surface area contributed by atoms with Gasteiger partial charge in [0, 0.05) is 17.1 Å². The number of hydrogen-bond acceptors (Lipinski definition) is 3. The molecule has 0 radical (unpaired) electrons. The Bertz CT molecular complexity index is 1410. The molecule has 1 amide bonds. The second-order valence-corrected chi connectivity index (χ2v) is 9.95. The van der Waals surface area contributed by atoms with Crippen molar-refractivity contribution in [3.05, 3.63) is 105 Å². The minimum absolute atomic E-state index is 0.116. The molecule has 0 aliphatic heterocycles. The van der Waals surface area contributed by atoms with Gasteiger partial charge >= 0.3 is 0 Å². The third kappa shape index (κ3) is 5.36. The fraction of sp³-hybridized carbons (Fsp3) is 0.300. The van der Waals surface area contributed by atoms with Gasteiger partial charge in [0.05, 0.1) is 22.6 Å². The molecule has 0 bridgehead atoms. The van der Waals surface area contributed by atoms with Gasteiger partial charge in [-0.15, -0.1) is 0 Å². The van der Waals surface area contributed by atoms with E-state index in [1.54, 1.807) is 34.9 Å². The molecule has 0 fully saturated rings. The number of nitrogens with zero attached hydrogens (tertiary/aromatic N) is 3. The van der Waals surface area contributed by atoms with Crippen LogP contribution in [-0.2, 0) is 6.42 Å². The predicted molar refractivity (Wildman–Crippen MR) is 147 cm³/mol. The van der Waals surface area contributed by atoms with Gasteiger partial charge in [-0.3, -0.25) is 14.2 Å². The highest BCUT2D eigenvalue weighted by atomic mass is 35.5. The number of aromatic nitrogens is 2. The Kier molecular flexibility index (Phi) is 7.90. The van der Waals surface area contributed by atoms with E-state index >= 15 is 0 Å². The Morgan fingerprint density at radius 2 is 1.64 bits per heavy atom. The zero-order chi connectivity index (χ0) is 25.8. The Morgan fingerprint density at radius 3 is 2.28 bits per heavy atom. The van der Waals surface area contributed by atoms with Crippen LogP contribution >= 0.6 is 11.6 Å². The molecule has 1 aromatic heterocycles. The molecule has 0 aliphatic carbocycles. The maximum Gasteiger partial charge on any atom is 0.266 e. The highest BCUT2D eigenvalue weighted by molar-refractivity contribution is 6.30. The lowest BCUT2D eigenvalue weighted by Gasteiger charge is -2.31. The van der Waals surface area contributed by atoms with Gasteiger partial charge in [0.2, 0.25) is 0 Å². The lowest BCUT2D eigenvalue weighted by atomic mass is 10.1. The maximum atomic E-state index is 13.8. The zero-order valence-corrected chi connectivity index (χ0v) is 22.0. The van der Waals surface area contributed by atoms with Crippen molar-refractivity contribution in [2.75, 3.05) is 6.54 Å². The van der Waals surface area contributed by atoms with Crippen LogP contribution in [0, 0.1) is 5.92 Å². The highest BCUT2D eigenvalue weighted by Crippen LogP contribution is 2.26. The Hall–Kier alpha value is -3.44. The molecule has 36 heavy (non-hydrogen) atoms. The first kappa shape index (κ1) is 25.6. The summed E-state index contributed by atoms with van der Waals surface area (Å²) in [4.78, 5) is 34.3. The molecule has 0 spiro atoms. The first-order chi connectivity index (χ1) is 17.3. The fourth-order valence-electron chi connectivity index (χ4n) is 4.33. The molecule has 0 N–H and O–H groups in total. The van der Waals surface area contributed by atoms with Crippen molar-refractivity contribution in [1.82, 2.24) is 14.5 Å². The van der Waals surface area contributed by atoms with E-state index in [0.717, 1.165) is 18.5 Å². The van der Waals surface area contributed by atoms with Gasteiger partial charge in [0.15, 0.2) is 0 Å². The second kappa shape index (κ2) is 11.1. The largest absolute Gasteiger partial charge is 0.329 e. The number of rotatable bonds is 8. The van der Waals surface area contributed by atoms with E-state index in [4.69, 9.17) is 16.6 Å². The second-order valence-electron chi connectivity index (χ2n) is 9.51. The van der Waals surface area contributed by atoms with Crippen LogP contribution in [0.15, 0.2) is 77.6 Å². The summed E-state index contributed by atoms with van der Waals surface area (Å²) in [6, 6.07) is 21.8. The maximum absolute atomic E-state index is 13.8. The lowest BCUT2D eigenvalue weighted by molar-refractivity contribution is 0.0671. The molecule has 1 heterocycles. The van der Waals surface area contributed by atoms with Crippen LogP contribution < -0.4 is 5.56 Å². The van der Waals surface area contributed by atoms with E-state index in [9.17, 15) is 9.59 Å². The van der Waals surface area contributed by atoms with E-state index in [2.05, 4.69) is 20.8 Å². The zero-order valence-electron chi connectivity index (χ0n) is 21.2. The van der Waals surface area contributed by atoms with Crippen LogP contribution in [-0.4, -0.2) is 26.9 Å². The highest BCUT2D eigenvalue weighted by Gasteiger charge is 2.27. The quantitative estimate of drug-likeness (QED) is 0.265. The number of fused-ring (bicyclic) bond motifs is 1. The van der Waals surface area contributed by atoms with Crippen LogP contribution in [0.2, 0.25) is 5.02 Å². The van der Waals surface area contributed by atoms with Gasteiger partial charge in [-0.25, -0.2) is 4.98 Å². The summed E-state index contributed by atoms with van der Waals surface area (Å²) in [5.74, 6) is 0.829. The van der Waals surface area contributed by atoms with Crippen molar-refractivity contribution < 1.29 is 4.79 Å². The predicted octanol–water partition coefficient (Wildman–Crippen LogP) is 6.85. The fourth-order valence-corrected chi connectivity index (χ4v) is 4.45. The monoisotopic (exact) mass is 501 g/mol. The van der Waals surface area contributed by atoms with Gasteiger partial charge in [0.25, 0.3) is 11.5 Å². The SMILES string of the molecule is CCc1ccc(-n2c(C(C)N(CCC(C)C)C(=O)c3ccc(Cl)cc3)nc3ccccc3c2=O)cc1. The summed E-state index contributed by atoms with van der Waals surface area (Å²) in [6.45, 7) is 8.85. The van der Waals surface area contributed by atoms with Crippen LogP contribution in [0.1, 0.15) is 61.9 Å². The van der Waals surface area contributed by atoms with Gasteiger partial charge in [-0.2, -0.15) is 0 Å². The summed E-state index contributed by atoms with van der Waals surface area (Å²) in [6.07, 6.45) is 1.74. The molecule has 5 nitrogen and oxygen atoms in total. The number of aryl methyl sites for hydroxylation is 1. The summed E-state index contributed by atoms with van der Waals surface area (Å²) in [5.41, 5.74) is 2.95. The normalized spacial score (nSPS) is 12.2. The van der Waals surface area contributed by atoms with E-state index < -0.39 is 6.04 Å². The van der Waals surface area contributed by atoms with E-state index in [1.165, 1.54) is 5.56 Å². The van der Waals surface area contributed by atoms with Crippen molar-refractivity contribution in [3.8, 4) is 5.69 Å². The van der Waals surface area contributed by atoms with Crippen molar-refractivity contribution in [2.24, 2.45) is 5.92 Å². The molecule has 0 saturated heterocycles. The average Bonchev–Trinajstić information content (AvgIpc) is 2.89. The third-order valence-electron chi connectivity index (χ3n) is 6.55. The summed E-state index contributed by atoms with van der Waals surface area (Å²) in [5, 5.41) is 1.12. The van der Waals surface area contributed by atoms with Crippen LogP contribution in [0.4, 0.5) is 0 Å². The van der Waals surface area contributed by atoms with Crippen LogP contribution in [0.25, 0.3) is 16.6 Å². The van der Waals surface area contributed by atoms with Crippen LogP contribution in [0.5, 0.6) is 0 Å². The van der Waals surface area contributed by atoms with E-state index in [0.29, 0.717) is 39.8 Å². The molecule has 0 saturated carbocycles. The van der Waals surface area contributed by atoms with Crippen molar-refractivity contribution in [1.29, 1.82) is 0 Å². The first-order valence-corrected chi connectivity index (χ1v) is 12.9. The minimum Gasteiger partial charge on any atom is -0.329 e. The van der Waals surface area contributed by atoms with Gasteiger partial charge in [-0.05, 0) is 79.8 Å². The summed E-state index contributed by atoms with van der Waals surface area (Å²) >= 11 is 6.07. The smallest absolute Gasteiger partial charge is 0.266 e. The van der Waals surface area contributed by atoms with Gasteiger partial charge < -0.3 is 4.90 Å². The van der Waals surface area contributed by atoms with Crippen molar-refractivity contribution >= 4 is 28.4 Å². The number of hydrogen-bond donors (Lipinski definition) is 0. The Balaban J connectivity index is 1.88.